The normalized spacial score (nSPS) is 10.7. The Hall–Kier alpha value is -3.29. The summed E-state index contributed by atoms with van der Waals surface area (Å²) in [6.07, 6.45) is 3.31. The second-order valence-electron chi connectivity index (χ2n) is 4.44. The van der Waals surface area contributed by atoms with Crippen molar-refractivity contribution >= 4 is 28.5 Å². The molecule has 0 aliphatic rings. The van der Waals surface area contributed by atoms with E-state index in [9.17, 15) is 9.59 Å². The largest absolute Gasteiger partial charge is 0.364 e. The van der Waals surface area contributed by atoms with E-state index in [-0.39, 0.29) is 11.4 Å². The van der Waals surface area contributed by atoms with Crippen LogP contribution in [-0.4, -0.2) is 26.7 Å². The first kappa shape index (κ1) is 12.7. The number of carbonyl (C=O) groups excluding carboxylic acids is 2. The number of hydrogen-bond acceptors (Lipinski definition) is 3. The lowest BCUT2D eigenvalue weighted by Gasteiger charge is -2.01. The predicted octanol–water partition coefficient (Wildman–Crippen LogP) is 0.943. The molecule has 8 heteroatoms. The van der Waals surface area contributed by atoms with Crippen molar-refractivity contribution in [3.05, 3.63) is 42.4 Å². The van der Waals surface area contributed by atoms with Crippen molar-refractivity contribution in [2.45, 2.75) is 0 Å². The van der Waals surface area contributed by atoms with Crippen LogP contribution in [0.25, 0.3) is 16.6 Å². The summed E-state index contributed by atoms with van der Waals surface area (Å²) in [5.74, 6) is -0.751. The van der Waals surface area contributed by atoms with Crippen LogP contribution < -0.4 is 16.8 Å². The van der Waals surface area contributed by atoms with Crippen molar-refractivity contribution in [1.29, 1.82) is 0 Å². The molecule has 106 valence electrons. The van der Waals surface area contributed by atoms with Crippen LogP contribution in [0.3, 0.4) is 0 Å². The highest BCUT2D eigenvalue weighted by atomic mass is 16.2. The first-order valence-electron chi connectivity index (χ1n) is 6.08. The standard InChI is InChI=1S/C13H12N6O2/c14-12(20)11-10(17-13(15)21)6-19(18-11)8-2-1-7-3-4-16-9(7)5-8/h1-6,16H,(H2,14,20)(H3,15,17,21). The van der Waals surface area contributed by atoms with E-state index in [0.29, 0.717) is 5.69 Å². The molecule has 0 atom stereocenters. The number of nitrogens with two attached hydrogens (primary N) is 2. The molecule has 0 unspecified atom stereocenters. The van der Waals surface area contributed by atoms with Gasteiger partial charge in [0, 0.05) is 11.7 Å². The molecule has 2 aromatic heterocycles. The number of anilines is 1. The van der Waals surface area contributed by atoms with Crippen LogP contribution in [0.5, 0.6) is 0 Å². The van der Waals surface area contributed by atoms with Crippen LogP contribution in [-0.2, 0) is 0 Å². The van der Waals surface area contributed by atoms with Gasteiger partial charge in [-0.15, -0.1) is 0 Å². The molecule has 6 N–H and O–H groups in total. The van der Waals surface area contributed by atoms with Gasteiger partial charge in [-0.25, -0.2) is 9.48 Å². The van der Waals surface area contributed by atoms with Gasteiger partial charge in [-0.3, -0.25) is 4.79 Å². The Kier molecular flexibility index (Phi) is 2.83. The number of primary amides is 2. The molecule has 0 saturated heterocycles. The first-order valence-corrected chi connectivity index (χ1v) is 6.08. The number of amides is 3. The molecule has 3 aromatic rings. The Balaban J connectivity index is 2.08. The van der Waals surface area contributed by atoms with Gasteiger partial charge >= 0.3 is 6.03 Å². The number of aromatic amines is 1. The van der Waals surface area contributed by atoms with Gasteiger partial charge in [0.05, 0.1) is 17.6 Å². The lowest BCUT2D eigenvalue weighted by molar-refractivity contribution is 0.0996. The summed E-state index contributed by atoms with van der Waals surface area (Å²) in [6, 6.07) is 6.76. The average Bonchev–Trinajstić information content (AvgIpc) is 3.03. The molecule has 0 bridgehead atoms. The highest BCUT2D eigenvalue weighted by Crippen LogP contribution is 2.20. The van der Waals surface area contributed by atoms with Gasteiger partial charge in [-0.05, 0) is 23.6 Å². The minimum absolute atomic E-state index is 0.0552. The number of rotatable bonds is 3. The quantitative estimate of drug-likeness (QED) is 0.570. The van der Waals surface area contributed by atoms with Gasteiger partial charge < -0.3 is 21.8 Å². The van der Waals surface area contributed by atoms with Gasteiger partial charge in [0.25, 0.3) is 5.91 Å². The number of nitrogens with zero attached hydrogens (tertiary/aromatic N) is 2. The van der Waals surface area contributed by atoms with E-state index in [1.807, 2.05) is 30.5 Å². The summed E-state index contributed by atoms with van der Waals surface area (Å²) in [5.41, 5.74) is 12.1. The maximum absolute atomic E-state index is 11.4. The maximum atomic E-state index is 11.4. The van der Waals surface area contributed by atoms with Gasteiger partial charge in [0.1, 0.15) is 0 Å². The van der Waals surface area contributed by atoms with Crippen LogP contribution >= 0.6 is 0 Å². The van der Waals surface area contributed by atoms with Gasteiger partial charge in [0.2, 0.25) is 0 Å². The molecule has 8 nitrogen and oxygen atoms in total. The topological polar surface area (TPSA) is 132 Å². The van der Waals surface area contributed by atoms with Crippen LogP contribution in [0, 0.1) is 0 Å². The van der Waals surface area contributed by atoms with Crippen molar-refractivity contribution in [2.24, 2.45) is 11.5 Å². The maximum Gasteiger partial charge on any atom is 0.316 e. The second-order valence-corrected chi connectivity index (χ2v) is 4.44. The van der Waals surface area contributed by atoms with Gasteiger partial charge in [0.15, 0.2) is 5.69 Å². The lowest BCUT2D eigenvalue weighted by atomic mass is 10.2. The SMILES string of the molecule is NC(=O)Nc1cn(-c2ccc3cc[nH]c3c2)nc1C(N)=O. The van der Waals surface area contributed by atoms with Gasteiger partial charge in [-0.2, -0.15) is 5.10 Å². The Morgan fingerprint density at radius 3 is 2.76 bits per heavy atom. The first-order chi connectivity index (χ1) is 10.0. The zero-order valence-electron chi connectivity index (χ0n) is 10.8. The molecule has 0 saturated carbocycles. The molecular formula is C13H12N6O2. The van der Waals surface area contributed by atoms with Crippen molar-refractivity contribution in [2.75, 3.05) is 5.32 Å². The Morgan fingerprint density at radius 2 is 2.05 bits per heavy atom. The average molecular weight is 284 g/mol. The van der Waals surface area contributed by atoms with Crippen LogP contribution in [0.15, 0.2) is 36.7 Å². The van der Waals surface area contributed by atoms with E-state index in [1.54, 1.807) is 0 Å². The van der Waals surface area contributed by atoms with Crippen molar-refractivity contribution in [3.63, 3.8) is 0 Å². The number of nitrogens with one attached hydrogen (secondary N) is 2. The molecular weight excluding hydrogens is 272 g/mol. The summed E-state index contributed by atoms with van der Waals surface area (Å²) in [5, 5.41) is 7.46. The molecule has 0 radical (unpaired) electrons. The van der Waals surface area contributed by atoms with Gasteiger partial charge in [-0.1, -0.05) is 6.07 Å². The third kappa shape index (κ3) is 2.29. The van der Waals surface area contributed by atoms with E-state index in [1.165, 1.54) is 10.9 Å². The zero-order valence-corrected chi connectivity index (χ0v) is 10.8. The number of aromatic nitrogens is 3. The molecule has 0 spiro atoms. The highest BCUT2D eigenvalue weighted by molar-refractivity contribution is 6.00. The summed E-state index contributed by atoms with van der Waals surface area (Å²) >= 11 is 0. The summed E-state index contributed by atoms with van der Waals surface area (Å²) in [4.78, 5) is 25.4. The Bertz CT molecular complexity index is 847. The highest BCUT2D eigenvalue weighted by Gasteiger charge is 2.16. The molecule has 0 aliphatic heterocycles. The number of hydrogen-bond donors (Lipinski definition) is 4. The lowest BCUT2D eigenvalue weighted by Crippen LogP contribution is -2.22. The van der Waals surface area contributed by atoms with Crippen molar-refractivity contribution in [3.8, 4) is 5.69 Å². The Labute approximate surface area is 118 Å². The second kappa shape index (κ2) is 4.67. The summed E-state index contributed by atoms with van der Waals surface area (Å²) in [7, 11) is 0. The molecule has 0 fully saturated rings. The number of carbonyl (C=O) groups is 2. The van der Waals surface area contributed by atoms with Crippen LogP contribution in [0.4, 0.5) is 10.5 Å². The fourth-order valence-electron chi connectivity index (χ4n) is 2.09. The number of benzene rings is 1. The summed E-state index contributed by atoms with van der Waals surface area (Å²) < 4.78 is 1.45. The number of fused-ring (bicyclic) bond motifs is 1. The van der Waals surface area contributed by atoms with E-state index < -0.39 is 11.9 Å². The van der Waals surface area contributed by atoms with Crippen molar-refractivity contribution in [1.82, 2.24) is 14.8 Å². The molecule has 3 amide bonds. The molecule has 21 heavy (non-hydrogen) atoms. The smallest absolute Gasteiger partial charge is 0.316 e. The number of H-pyrrole nitrogens is 1. The van der Waals surface area contributed by atoms with E-state index in [2.05, 4.69) is 15.4 Å². The summed E-state index contributed by atoms with van der Waals surface area (Å²) in [6.45, 7) is 0. The molecule has 1 aromatic carbocycles. The molecule has 2 heterocycles. The van der Waals surface area contributed by atoms with E-state index in [0.717, 1.165) is 10.9 Å². The Morgan fingerprint density at radius 1 is 1.24 bits per heavy atom. The van der Waals surface area contributed by atoms with Crippen LogP contribution in [0.2, 0.25) is 0 Å². The molecule has 3 rings (SSSR count). The third-order valence-electron chi connectivity index (χ3n) is 3.01. The minimum atomic E-state index is -0.795. The monoisotopic (exact) mass is 284 g/mol. The van der Waals surface area contributed by atoms with Crippen LogP contribution in [0.1, 0.15) is 10.5 Å². The van der Waals surface area contributed by atoms with E-state index in [4.69, 9.17) is 11.5 Å². The molecule has 0 aliphatic carbocycles. The predicted molar refractivity (Wildman–Crippen MR) is 77.1 cm³/mol. The minimum Gasteiger partial charge on any atom is -0.364 e. The van der Waals surface area contributed by atoms with E-state index >= 15 is 0 Å². The van der Waals surface area contributed by atoms with Crippen molar-refractivity contribution < 1.29 is 9.59 Å². The third-order valence-corrected chi connectivity index (χ3v) is 3.01. The fourth-order valence-corrected chi connectivity index (χ4v) is 2.09. The fraction of sp³-hybridized carbons (Fsp3) is 0. The number of urea groups is 1. The zero-order chi connectivity index (χ0) is 15.0.